The minimum Gasteiger partial charge on any atom is -0.462 e. The van der Waals surface area contributed by atoms with Crippen molar-refractivity contribution < 1.29 is 14.3 Å². The van der Waals surface area contributed by atoms with Gasteiger partial charge in [-0.05, 0) is 62.7 Å². The number of hydrogen-bond donors (Lipinski definition) is 1. The van der Waals surface area contributed by atoms with Crippen LogP contribution in [-0.2, 0) is 9.53 Å². The Morgan fingerprint density at radius 1 is 1.29 bits per heavy atom. The Balaban J connectivity index is 1.64. The first-order valence-corrected chi connectivity index (χ1v) is 11.5. The number of esters is 1. The van der Waals surface area contributed by atoms with Crippen LogP contribution in [0.3, 0.4) is 0 Å². The second-order valence-corrected chi connectivity index (χ2v) is 9.08. The largest absolute Gasteiger partial charge is 0.462 e. The number of hydrogen-bond acceptors (Lipinski definition) is 7. The van der Waals surface area contributed by atoms with E-state index in [0.29, 0.717) is 27.1 Å². The van der Waals surface area contributed by atoms with Gasteiger partial charge in [0.1, 0.15) is 10.9 Å². The van der Waals surface area contributed by atoms with Crippen LogP contribution in [0.15, 0.2) is 46.8 Å². The normalized spacial score (nSPS) is 17.5. The molecule has 0 bridgehead atoms. The van der Waals surface area contributed by atoms with E-state index in [1.54, 1.807) is 25.3 Å². The number of aryl methyl sites for hydroxylation is 1. The first-order valence-electron chi connectivity index (χ1n) is 9.78. The average molecular weight is 452 g/mol. The molecule has 158 valence electrons. The number of nitrogens with one attached hydrogen (secondary N) is 1. The molecule has 1 aromatic carbocycles. The Morgan fingerprint density at radius 2 is 2.03 bits per heavy atom. The van der Waals surface area contributed by atoms with Gasteiger partial charge in [-0.2, -0.15) is 0 Å². The summed E-state index contributed by atoms with van der Waals surface area (Å²) in [5, 5.41) is 11.1. The number of Topliss-reactive ketones (excluding diaryl/α,β-unsaturated/α-hetero) is 1. The molecule has 8 heteroatoms. The summed E-state index contributed by atoms with van der Waals surface area (Å²) in [6, 6.07) is 9.29. The van der Waals surface area contributed by atoms with Crippen molar-refractivity contribution in [3.8, 4) is 5.69 Å². The number of nitrogens with zero attached hydrogens (tertiary/aromatic N) is 2. The molecule has 0 radical (unpaired) electrons. The molecule has 1 N–H and O–H groups in total. The van der Waals surface area contributed by atoms with Gasteiger partial charge in [-0.3, -0.25) is 10.2 Å². The number of benzene rings is 1. The summed E-state index contributed by atoms with van der Waals surface area (Å²) < 4.78 is 7.12. The molecule has 1 aliphatic heterocycles. The molecule has 3 aromatic rings. The minimum atomic E-state index is -0.588. The van der Waals surface area contributed by atoms with E-state index in [4.69, 9.17) is 10.1 Å². The topological polar surface area (TPSA) is 85.0 Å². The molecule has 6 nitrogen and oxygen atoms in total. The number of thiazole rings is 1. The van der Waals surface area contributed by atoms with Crippen LogP contribution >= 0.6 is 23.1 Å². The van der Waals surface area contributed by atoms with Crippen molar-refractivity contribution in [2.75, 3.05) is 6.61 Å². The van der Waals surface area contributed by atoms with Crippen molar-refractivity contribution in [2.24, 2.45) is 0 Å². The fourth-order valence-corrected chi connectivity index (χ4v) is 5.42. The third kappa shape index (κ3) is 4.00. The highest BCUT2D eigenvalue weighted by atomic mass is 32.2. The summed E-state index contributed by atoms with van der Waals surface area (Å²) in [7, 11) is 0. The van der Waals surface area contributed by atoms with Gasteiger partial charge in [-0.15, -0.1) is 11.3 Å². The van der Waals surface area contributed by atoms with Crippen LogP contribution in [0.4, 0.5) is 0 Å². The van der Waals surface area contributed by atoms with E-state index in [9.17, 15) is 9.59 Å². The zero-order valence-corrected chi connectivity index (χ0v) is 19.0. The molecule has 0 spiro atoms. The van der Waals surface area contributed by atoms with Gasteiger partial charge in [-0.25, -0.2) is 9.78 Å². The van der Waals surface area contributed by atoms with E-state index in [0.717, 1.165) is 22.6 Å². The number of ether oxygens (including phenoxy) is 1. The van der Waals surface area contributed by atoms with E-state index < -0.39 is 5.92 Å². The van der Waals surface area contributed by atoms with Crippen molar-refractivity contribution in [3.05, 3.63) is 74.3 Å². The number of thioether (sulfide) groups is 1. The third-order valence-electron chi connectivity index (χ3n) is 5.08. The molecule has 1 saturated heterocycles. The van der Waals surface area contributed by atoms with E-state index in [-0.39, 0.29) is 11.8 Å². The van der Waals surface area contributed by atoms with Crippen LogP contribution in [0.25, 0.3) is 11.8 Å². The predicted molar refractivity (Wildman–Crippen MR) is 124 cm³/mol. The van der Waals surface area contributed by atoms with Crippen molar-refractivity contribution >= 4 is 46.0 Å². The van der Waals surface area contributed by atoms with Gasteiger partial charge in [0.15, 0.2) is 5.78 Å². The van der Waals surface area contributed by atoms with Crippen LogP contribution in [0.2, 0.25) is 0 Å². The lowest BCUT2D eigenvalue weighted by atomic mass is 10.1. The van der Waals surface area contributed by atoms with Crippen LogP contribution in [-0.4, -0.2) is 33.0 Å². The van der Waals surface area contributed by atoms with Gasteiger partial charge in [0, 0.05) is 28.7 Å². The van der Waals surface area contributed by atoms with E-state index in [1.807, 2.05) is 43.5 Å². The van der Waals surface area contributed by atoms with E-state index in [2.05, 4.69) is 9.55 Å². The molecule has 2 aromatic heterocycles. The second kappa shape index (κ2) is 8.64. The predicted octanol–water partition coefficient (Wildman–Crippen LogP) is 5.15. The lowest BCUT2D eigenvalue weighted by Crippen LogP contribution is -2.11. The molecule has 0 saturated carbocycles. The highest BCUT2D eigenvalue weighted by Gasteiger charge is 2.38. The maximum absolute atomic E-state index is 12.9. The van der Waals surface area contributed by atoms with Gasteiger partial charge in [-0.1, -0.05) is 11.8 Å². The molecule has 0 unspecified atom stereocenters. The number of carbonyl (C=O) groups is 2. The lowest BCUT2D eigenvalue weighted by Gasteiger charge is -2.10. The maximum Gasteiger partial charge on any atom is 0.338 e. The summed E-state index contributed by atoms with van der Waals surface area (Å²) in [6.45, 7) is 6.11. The summed E-state index contributed by atoms with van der Waals surface area (Å²) in [5.74, 6) is -1.00. The van der Waals surface area contributed by atoms with Crippen LogP contribution < -0.4 is 0 Å². The summed E-state index contributed by atoms with van der Waals surface area (Å²) in [4.78, 5) is 29.6. The summed E-state index contributed by atoms with van der Waals surface area (Å²) in [6.07, 6.45) is 3.52. The Labute approximate surface area is 188 Å². The Kier molecular flexibility index (Phi) is 5.93. The van der Waals surface area contributed by atoms with Gasteiger partial charge < -0.3 is 9.30 Å². The monoisotopic (exact) mass is 451 g/mol. The van der Waals surface area contributed by atoms with Gasteiger partial charge >= 0.3 is 5.97 Å². The Hall–Kier alpha value is -2.97. The quantitative estimate of drug-likeness (QED) is 0.429. The Bertz CT molecular complexity index is 1190. The van der Waals surface area contributed by atoms with Crippen molar-refractivity contribution in [1.29, 1.82) is 5.41 Å². The summed E-state index contributed by atoms with van der Waals surface area (Å²) >= 11 is 2.60. The van der Waals surface area contributed by atoms with Crippen LogP contribution in [0.1, 0.15) is 45.2 Å². The molecule has 31 heavy (non-hydrogen) atoms. The average Bonchev–Trinajstić information content (AvgIpc) is 3.42. The highest BCUT2D eigenvalue weighted by molar-refractivity contribution is 8.19. The number of ketones is 1. The smallest absolute Gasteiger partial charge is 0.338 e. The van der Waals surface area contributed by atoms with Crippen LogP contribution in [0.5, 0.6) is 0 Å². The maximum atomic E-state index is 12.9. The van der Waals surface area contributed by atoms with Crippen molar-refractivity contribution in [2.45, 2.75) is 26.7 Å². The molecule has 3 heterocycles. The number of carbonyl (C=O) groups excluding carboxylic acids is 2. The number of allylic oxidation sites excluding steroid dienone is 1. The molecular formula is C23H21N3O3S2. The fraction of sp³-hybridized carbons (Fsp3) is 0.217. The SMILES string of the molecule is CCOC(=O)c1ccc(-n2c(C)cc(/C=C3\SC(=N)[C@@H](c4nccs4)C3=O)c2C)cc1. The lowest BCUT2D eigenvalue weighted by molar-refractivity contribution is -0.114. The minimum absolute atomic E-state index is 0.0754. The molecule has 1 fully saturated rings. The molecule has 1 aliphatic rings. The Morgan fingerprint density at radius 3 is 2.68 bits per heavy atom. The molecule has 0 aliphatic carbocycles. The van der Waals surface area contributed by atoms with Crippen LogP contribution in [0, 0.1) is 19.3 Å². The van der Waals surface area contributed by atoms with Crippen molar-refractivity contribution in [3.63, 3.8) is 0 Å². The highest BCUT2D eigenvalue weighted by Crippen LogP contribution is 2.41. The molecular weight excluding hydrogens is 430 g/mol. The standard InChI is InChI=1S/C23H21N3O3S2/c1-4-29-23(28)15-5-7-17(8-6-15)26-13(2)11-16(14(26)3)12-18-20(27)19(21(24)31-18)22-25-9-10-30-22/h5-12,19,24H,4H2,1-3H3/b18-12-,24-21?/t19-/m0/s1. The first kappa shape index (κ1) is 21.3. The molecule has 4 rings (SSSR count). The van der Waals surface area contributed by atoms with E-state index in [1.165, 1.54) is 23.1 Å². The van der Waals surface area contributed by atoms with Gasteiger partial charge in [0.25, 0.3) is 0 Å². The number of rotatable bonds is 5. The fourth-order valence-electron chi connectivity index (χ4n) is 3.62. The molecule has 0 amide bonds. The zero-order valence-electron chi connectivity index (χ0n) is 17.3. The van der Waals surface area contributed by atoms with Gasteiger partial charge in [0.2, 0.25) is 0 Å². The zero-order chi connectivity index (χ0) is 22.1. The van der Waals surface area contributed by atoms with Gasteiger partial charge in [0.05, 0.1) is 22.1 Å². The summed E-state index contributed by atoms with van der Waals surface area (Å²) in [5.41, 5.74) is 4.35. The first-order chi connectivity index (χ1) is 14.9. The van der Waals surface area contributed by atoms with Crippen molar-refractivity contribution in [1.82, 2.24) is 9.55 Å². The third-order valence-corrected chi connectivity index (χ3v) is 6.91. The second-order valence-electron chi connectivity index (χ2n) is 7.07. The molecule has 1 atom stereocenters. The number of aromatic nitrogens is 2. The van der Waals surface area contributed by atoms with E-state index >= 15 is 0 Å².